The average Bonchev–Trinajstić information content (AvgIpc) is 2.42. The molecule has 2 rings (SSSR count). The smallest absolute Gasteiger partial charge is 0.249 e. The third-order valence-electron chi connectivity index (χ3n) is 2.94. The highest BCUT2D eigenvalue weighted by Crippen LogP contribution is 2.22. The second-order valence-electron chi connectivity index (χ2n) is 4.26. The summed E-state index contributed by atoms with van der Waals surface area (Å²) in [6.45, 7) is 1.74. The summed E-state index contributed by atoms with van der Waals surface area (Å²) in [5.74, 6) is -0.508. The van der Waals surface area contributed by atoms with E-state index in [4.69, 9.17) is 23.7 Å². The predicted octanol–water partition coefficient (Wildman–Crippen LogP) is 1.86. The van der Waals surface area contributed by atoms with Crippen LogP contribution in [0.1, 0.15) is 21.5 Å². The van der Waals surface area contributed by atoms with Crippen molar-refractivity contribution in [2.75, 3.05) is 11.1 Å². The van der Waals surface area contributed by atoms with Crippen molar-refractivity contribution in [3.8, 4) is 0 Å². The Kier molecular flexibility index (Phi) is 3.95. The summed E-state index contributed by atoms with van der Waals surface area (Å²) >= 11 is 5.32. The van der Waals surface area contributed by atoms with E-state index in [1.165, 1.54) is 0 Å². The summed E-state index contributed by atoms with van der Waals surface area (Å²) in [6.07, 6.45) is 3.33. The number of anilines is 2. The molecular formula is C14H14N4OS. The van der Waals surface area contributed by atoms with Gasteiger partial charge in [-0.2, -0.15) is 0 Å². The van der Waals surface area contributed by atoms with Gasteiger partial charge in [-0.15, -0.1) is 0 Å². The minimum absolute atomic E-state index is 0.399. The second-order valence-corrected chi connectivity index (χ2v) is 4.67. The standard InChI is InChI=1S/C14H14N4OS/c1-8-10(13(16)19)4-5-11(12(8)15)14(20)18-9-3-2-6-17-7-9/h2-7H,15H2,1H3,(H2,16,19)(H,18,20). The highest BCUT2D eigenvalue weighted by Gasteiger charge is 2.13. The van der Waals surface area contributed by atoms with Crippen LogP contribution in [0.2, 0.25) is 0 Å². The molecule has 0 radical (unpaired) electrons. The van der Waals surface area contributed by atoms with Crippen LogP contribution < -0.4 is 16.8 Å². The number of aromatic nitrogens is 1. The lowest BCUT2D eigenvalue weighted by Crippen LogP contribution is -2.17. The Morgan fingerprint density at radius 3 is 2.60 bits per heavy atom. The molecule has 102 valence electrons. The highest BCUT2D eigenvalue weighted by atomic mass is 32.1. The monoisotopic (exact) mass is 286 g/mol. The summed E-state index contributed by atoms with van der Waals surface area (Å²) < 4.78 is 0. The number of rotatable bonds is 3. The van der Waals surface area contributed by atoms with E-state index >= 15 is 0 Å². The van der Waals surface area contributed by atoms with Gasteiger partial charge in [0.1, 0.15) is 4.99 Å². The molecule has 1 aromatic carbocycles. The van der Waals surface area contributed by atoms with Gasteiger partial charge in [0.15, 0.2) is 0 Å². The van der Waals surface area contributed by atoms with Crippen molar-refractivity contribution in [2.45, 2.75) is 6.92 Å². The van der Waals surface area contributed by atoms with E-state index in [0.717, 1.165) is 5.69 Å². The number of pyridine rings is 1. The van der Waals surface area contributed by atoms with Crippen molar-refractivity contribution in [1.29, 1.82) is 0 Å². The molecule has 0 aliphatic carbocycles. The van der Waals surface area contributed by atoms with Crippen LogP contribution in [0, 0.1) is 6.92 Å². The van der Waals surface area contributed by atoms with Crippen LogP contribution in [0.5, 0.6) is 0 Å². The number of hydrogen-bond acceptors (Lipinski definition) is 4. The molecule has 0 fully saturated rings. The number of primary amides is 1. The van der Waals surface area contributed by atoms with E-state index in [0.29, 0.717) is 27.4 Å². The molecule has 6 heteroatoms. The third-order valence-corrected chi connectivity index (χ3v) is 3.27. The normalized spacial score (nSPS) is 10.1. The average molecular weight is 286 g/mol. The first kappa shape index (κ1) is 14.0. The molecule has 1 amide bonds. The molecule has 0 saturated heterocycles. The van der Waals surface area contributed by atoms with Crippen LogP contribution in [0.4, 0.5) is 11.4 Å². The van der Waals surface area contributed by atoms with Crippen LogP contribution in [0.25, 0.3) is 0 Å². The number of nitrogen functional groups attached to an aromatic ring is 1. The Balaban J connectivity index is 2.32. The zero-order valence-corrected chi connectivity index (χ0v) is 11.7. The quantitative estimate of drug-likeness (QED) is 0.591. The van der Waals surface area contributed by atoms with Crippen LogP contribution in [0.3, 0.4) is 0 Å². The molecule has 0 bridgehead atoms. The Hall–Kier alpha value is -2.47. The van der Waals surface area contributed by atoms with E-state index in [2.05, 4.69) is 10.3 Å². The molecule has 5 N–H and O–H groups in total. The molecule has 20 heavy (non-hydrogen) atoms. The van der Waals surface area contributed by atoms with Crippen LogP contribution in [0.15, 0.2) is 36.7 Å². The number of carbonyl (C=O) groups excluding carboxylic acids is 1. The van der Waals surface area contributed by atoms with Gasteiger partial charge in [0.2, 0.25) is 5.91 Å². The van der Waals surface area contributed by atoms with Crippen LogP contribution >= 0.6 is 12.2 Å². The maximum Gasteiger partial charge on any atom is 0.249 e. The maximum atomic E-state index is 11.3. The highest BCUT2D eigenvalue weighted by molar-refractivity contribution is 7.81. The summed E-state index contributed by atoms with van der Waals surface area (Å²) in [5.41, 5.74) is 14.2. The first-order chi connectivity index (χ1) is 9.50. The fourth-order valence-corrected chi connectivity index (χ4v) is 2.12. The summed E-state index contributed by atoms with van der Waals surface area (Å²) in [4.78, 5) is 15.7. The SMILES string of the molecule is Cc1c(C(N)=O)ccc(C(=S)Nc2cccnc2)c1N. The van der Waals surface area contributed by atoms with Gasteiger partial charge in [-0.3, -0.25) is 9.78 Å². The fraction of sp³-hybridized carbons (Fsp3) is 0.0714. The number of amides is 1. The molecule has 0 atom stereocenters. The minimum atomic E-state index is -0.508. The Morgan fingerprint density at radius 1 is 1.30 bits per heavy atom. The lowest BCUT2D eigenvalue weighted by molar-refractivity contribution is 0.1000. The third kappa shape index (κ3) is 2.75. The summed E-state index contributed by atoms with van der Waals surface area (Å²) in [5, 5.41) is 3.05. The first-order valence-corrected chi connectivity index (χ1v) is 6.31. The number of nitrogens with zero attached hydrogens (tertiary/aromatic N) is 1. The van der Waals surface area contributed by atoms with Gasteiger partial charge >= 0.3 is 0 Å². The van der Waals surface area contributed by atoms with Crippen molar-refractivity contribution in [2.24, 2.45) is 5.73 Å². The molecule has 0 unspecified atom stereocenters. The summed E-state index contributed by atoms with van der Waals surface area (Å²) in [7, 11) is 0. The molecule has 0 aliphatic heterocycles. The number of thiocarbonyl (C=S) groups is 1. The molecule has 0 spiro atoms. The topological polar surface area (TPSA) is 94.0 Å². The van der Waals surface area contributed by atoms with Crippen LogP contribution in [-0.4, -0.2) is 15.9 Å². The molecule has 5 nitrogen and oxygen atoms in total. The Labute approximate surface area is 122 Å². The zero-order chi connectivity index (χ0) is 14.7. The van der Waals surface area contributed by atoms with Gasteiger partial charge in [0, 0.05) is 23.0 Å². The van der Waals surface area contributed by atoms with E-state index in [9.17, 15) is 4.79 Å². The van der Waals surface area contributed by atoms with Crippen LogP contribution in [-0.2, 0) is 0 Å². The fourth-order valence-electron chi connectivity index (χ4n) is 1.83. The van der Waals surface area contributed by atoms with Crippen molar-refractivity contribution >= 4 is 34.5 Å². The lowest BCUT2D eigenvalue weighted by Gasteiger charge is -2.13. The van der Waals surface area contributed by atoms with Gasteiger partial charge < -0.3 is 16.8 Å². The minimum Gasteiger partial charge on any atom is -0.398 e. The number of hydrogen-bond donors (Lipinski definition) is 3. The molecule has 2 aromatic rings. The predicted molar refractivity (Wildman–Crippen MR) is 83.7 cm³/mol. The molecule has 0 aliphatic rings. The van der Waals surface area contributed by atoms with E-state index in [1.807, 2.05) is 6.07 Å². The van der Waals surface area contributed by atoms with Gasteiger partial charge in [-0.1, -0.05) is 12.2 Å². The van der Waals surface area contributed by atoms with E-state index in [1.54, 1.807) is 37.5 Å². The lowest BCUT2D eigenvalue weighted by atomic mass is 10.0. The van der Waals surface area contributed by atoms with E-state index < -0.39 is 5.91 Å². The van der Waals surface area contributed by atoms with E-state index in [-0.39, 0.29) is 0 Å². The number of nitrogens with one attached hydrogen (secondary N) is 1. The number of carbonyl (C=O) groups is 1. The zero-order valence-electron chi connectivity index (χ0n) is 10.9. The molecule has 1 heterocycles. The van der Waals surface area contributed by atoms with Gasteiger partial charge in [0.05, 0.1) is 11.9 Å². The number of benzene rings is 1. The van der Waals surface area contributed by atoms with Gasteiger partial charge in [-0.25, -0.2) is 0 Å². The van der Waals surface area contributed by atoms with Crippen molar-refractivity contribution in [3.63, 3.8) is 0 Å². The van der Waals surface area contributed by atoms with Gasteiger partial charge in [0.25, 0.3) is 0 Å². The largest absolute Gasteiger partial charge is 0.398 e. The number of nitrogens with two attached hydrogens (primary N) is 2. The first-order valence-electron chi connectivity index (χ1n) is 5.91. The molecule has 0 saturated carbocycles. The van der Waals surface area contributed by atoms with Gasteiger partial charge in [-0.05, 0) is 36.8 Å². The summed E-state index contributed by atoms with van der Waals surface area (Å²) in [6, 6.07) is 6.96. The maximum absolute atomic E-state index is 11.3. The second kappa shape index (κ2) is 5.66. The van der Waals surface area contributed by atoms with Crippen molar-refractivity contribution in [1.82, 2.24) is 4.98 Å². The van der Waals surface area contributed by atoms with Crippen molar-refractivity contribution in [3.05, 3.63) is 53.3 Å². The Morgan fingerprint density at radius 2 is 2.00 bits per heavy atom. The van der Waals surface area contributed by atoms with Crippen molar-refractivity contribution < 1.29 is 4.79 Å². The molecular weight excluding hydrogens is 272 g/mol. The Bertz CT molecular complexity index is 670. The molecule has 1 aromatic heterocycles.